The highest BCUT2D eigenvalue weighted by atomic mass is 19.1. The van der Waals surface area contributed by atoms with Gasteiger partial charge in [0, 0.05) is 19.1 Å². The van der Waals surface area contributed by atoms with Gasteiger partial charge in [-0.3, -0.25) is 4.79 Å². The molecule has 0 spiro atoms. The van der Waals surface area contributed by atoms with Crippen LogP contribution in [0.15, 0.2) is 24.3 Å². The first-order chi connectivity index (χ1) is 9.19. The molecule has 1 saturated heterocycles. The summed E-state index contributed by atoms with van der Waals surface area (Å²) < 4.78 is 13.1. The van der Waals surface area contributed by atoms with E-state index in [1.165, 1.54) is 12.1 Å². The summed E-state index contributed by atoms with van der Waals surface area (Å²) in [7, 11) is 0. The third-order valence-corrected chi connectivity index (χ3v) is 3.51. The predicted molar refractivity (Wildman–Crippen MR) is 73.4 cm³/mol. The van der Waals surface area contributed by atoms with E-state index in [2.05, 4.69) is 12.2 Å². The fourth-order valence-electron chi connectivity index (χ4n) is 2.59. The van der Waals surface area contributed by atoms with Gasteiger partial charge in [-0.05, 0) is 37.1 Å². The Labute approximate surface area is 113 Å². The van der Waals surface area contributed by atoms with Gasteiger partial charge >= 0.3 is 0 Å². The number of nitrogens with one attached hydrogen (secondary N) is 1. The van der Waals surface area contributed by atoms with Crippen molar-refractivity contribution in [3.63, 3.8) is 0 Å². The van der Waals surface area contributed by atoms with Gasteiger partial charge in [-0.25, -0.2) is 4.39 Å². The van der Waals surface area contributed by atoms with Crippen LogP contribution >= 0.6 is 0 Å². The van der Waals surface area contributed by atoms with Crippen molar-refractivity contribution in [1.82, 2.24) is 10.2 Å². The first kappa shape index (κ1) is 14.0. The summed E-state index contributed by atoms with van der Waals surface area (Å²) in [5.41, 5.74) is 0.746. The molecule has 2 rings (SSSR count). The summed E-state index contributed by atoms with van der Waals surface area (Å²) in [5, 5.41) is 3.39. The maximum atomic E-state index is 13.1. The number of hydrogen-bond donors (Lipinski definition) is 1. The summed E-state index contributed by atoms with van der Waals surface area (Å²) in [6, 6.07) is 6.68. The fraction of sp³-hybridized carbons (Fsp3) is 0.533. The highest BCUT2D eigenvalue weighted by Crippen LogP contribution is 2.13. The number of likely N-dealkylation sites (N-methyl/N-ethyl adjacent to an activating group) is 1. The van der Waals surface area contributed by atoms with E-state index in [4.69, 9.17) is 0 Å². The molecule has 0 radical (unpaired) electrons. The van der Waals surface area contributed by atoms with Gasteiger partial charge in [0.1, 0.15) is 5.82 Å². The third kappa shape index (κ3) is 4.03. The molecule has 1 aliphatic heterocycles. The van der Waals surface area contributed by atoms with Gasteiger partial charge in [-0.2, -0.15) is 0 Å². The normalized spacial score (nSPS) is 19.5. The van der Waals surface area contributed by atoms with E-state index in [1.807, 2.05) is 4.90 Å². The molecule has 19 heavy (non-hydrogen) atoms. The van der Waals surface area contributed by atoms with E-state index in [9.17, 15) is 9.18 Å². The largest absolute Gasteiger partial charge is 0.341 e. The predicted octanol–water partition coefficient (Wildman–Crippen LogP) is 1.97. The second-order valence-electron chi connectivity index (χ2n) is 5.04. The van der Waals surface area contributed by atoms with Crippen LogP contribution < -0.4 is 5.32 Å². The molecule has 1 fully saturated rings. The molecule has 1 atom stereocenters. The number of amides is 1. The lowest BCUT2D eigenvalue weighted by atomic mass is 10.0. The van der Waals surface area contributed by atoms with E-state index < -0.39 is 0 Å². The number of halogens is 1. The Kier molecular flexibility index (Phi) is 4.91. The lowest BCUT2D eigenvalue weighted by Gasteiger charge is -2.33. The van der Waals surface area contributed by atoms with E-state index in [1.54, 1.807) is 12.1 Å². The maximum Gasteiger partial charge on any atom is 0.227 e. The molecule has 1 aliphatic rings. The molecule has 1 amide bonds. The van der Waals surface area contributed by atoms with Crippen LogP contribution in [0.1, 0.15) is 25.3 Å². The Morgan fingerprint density at radius 3 is 3.11 bits per heavy atom. The molecule has 1 N–H and O–H groups in total. The number of carbonyl (C=O) groups excluding carboxylic acids is 1. The van der Waals surface area contributed by atoms with E-state index >= 15 is 0 Å². The molecule has 0 saturated carbocycles. The standard InChI is InChI=1S/C15H21FN2O/c1-2-17-14-7-4-8-18(11-14)15(19)10-12-5-3-6-13(16)9-12/h3,5-6,9,14,17H,2,4,7-8,10-11H2,1H3. The minimum atomic E-state index is -0.283. The molecule has 1 heterocycles. The van der Waals surface area contributed by atoms with Gasteiger partial charge in [0.25, 0.3) is 0 Å². The second-order valence-corrected chi connectivity index (χ2v) is 5.04. The SMILES string of the molecule is CCNC1CCCN(C(=O)Cc2cccc(F)c2)C1. The maximum absolute atomic E-state index is 13.1. The zero-order valence-electron chi connectivity index (χ0n) is 11.4. The average molecular weight is 264 g/mol. The number of piperidine rings is 1. The quantitative estimate of drug-likeness (QED) is 0.901. The summed E-state index contributed by atoms with van der Waals surface area (Å²) in [4.78, 5) is 14.1. The Hall–Kier alpha value is -1.42. The van der Waals surface area contributed by atoms with Gasteiger partial charge in [0.15, 0.2) is 0 Å². The average Bonchev–Trinajstić information content (AvgIpc) is 2.39. The summed E-state index contributed by atoms with van der Waals surface area (Å²) >= 11 is 0. The van der Waals surface area contributed by atoms with Crippen LogP contribution in [0.3, 0.4) is 0 Å². The van der Waals surface area contributed by atoms with Crippen molar-refractivity contribution in [2.45, 2.75) is 32.2 Å². The van der Waals surface area contributed by atoms with Crippen molar-refractivity contribution in [3.05, 3.63) is 35.6 Å². The monoisotopic (exact) mass is 264 g/mol. The highest BCUT2D eigenvalue weighted by Gasteiger charge is 2.22. The van der Waals surface area contributed by atoms with Gasteiger partial charge < -0.3 is 10.2 Å². The Bertz CT molecular complexity index is 434. The lowest BCUT2D eigenvalue weighted by molar-refractivity contribution is -0.131. The number of likely N-dealkylation sites (tertiary alicyclic amines) is 1. The fourth-order valence-corrected chi connectivity index (χ4v) is 2.59. The zero-order chi connectivity index (χ0) is 13.7. The molecule has 1 unspecified atom stereocenters. The van der Waals surface area contributed by atoms with Crippen LogP contribution in [0.4, 0.5) is 4.39 Å². The molecule has 104 valence electrons. The number of rotatable bonds is 4. The third-order valence-electron chi connectivity index (χ3n) is 3.51. The van der Waals surface area contributed by atoms with Crippen LogP contribution in [0.5, 0.6) is 0 Å². The molecule has 0 bridgehead atoms. The molecule has 1 aromatic carbocycles. The molecular weight excluding hydrogens is 243 g/mol. The Balaban J connectivity index is 1.92. The molecule has 1 aromatic rings. The van der Waals surface area contributed by atoms with Crippen LogP contribution in [-0.2, 0) is 11.2 Å². The summed E-state index contributed by atoms with van der Waals surface area (Å²) in [6.45, 7) is 4.59. The minimum absolute atomic E-state index is 0.0909. The van der Waals surface area contributed by atoms with Crippen molar-refractivity contribution >= 4 is 5.91 Å². The molecule has 0 aromatic heterocycles. The number of benzene rings is 1. The zero-order valence-corrected chi connectivity index (χ0v) is 11.4. The molecular formula is C15H21FN2O. The topological polar surface area (TPSA) is 32.3 Å². The molecule has 4 heteroatoms. The van der Waals surface area contributed by atoms with Crippen molar-refractivity contribution < 1.29 is 9.18 Å². The van der Waals surface area contributed by atoms with Gasteiger partial charge in [0.05, 0.1) is 6.42 Å². The van der Waals surface area contributed by atoms with Gasteiger partial charge in [-0.1, -0.05) is 19.1 Å². The van der Waals surface area contributed by atoms with E-state index in [-0.39, 0.29) is 18.1 Å². The Morgan fingerprint density at radius 2 is 2.37 bits per heavy atom. The number of hydrogen-bond acceptors (Lipinski definition) is 2. The minimum Gasteiger partial charge on any atom is -0.341 e. The van der Waals surface area contributed by atoms with Crippen molar-refractivity contribution in [2.75, 3.05) is 19.6 Å². The second kappa shape index (κ2) is 6.66. The number of carbonyl (C=O) groups is 1. The van der Waals surface area contributed by atoms with Crippen LogP contribution in [0.2, 0.25) is 0 Å². The number of nitrogens with zero attached hydrogens (tertiary/aromatic N) is 1. The van der Waals surface area contributed by atoms with E-state index in [0.717, 1.165) is 38.0 Å². The molecule has 0 aliphatic carbocycles. The van der Waals surface area contributed by atoms with Crippen molar-refractivity contribution in [2.24, 2.45) is 0 Å². The lowest BCUT2D eigenvalue weighted by Crippen LogP contribution is -2.48. The van der Waals surface area contributed by atoms with E-state index in [0.29, 0.717) is 6.04 Å². The summed E-state index contributed by atoms with van der Waals surface area (Å²) in [5.74, 6) is -0.192. The van der Waals surface area contributed by atoms with Gasteiger partial charge in [0.2, 0.25) is 5.91 Å². The Morgan fingerprint density at radius 1 is 1.53 bits per heavy atom. The first-order valence-corrected chi connectivity index (χ1v) is 6.94. The van der Waals surface area contributed by atoms with Crippen LogP contribution in [0.25, 0.3) is 0 Å². The summed E-state index contributed by atoms with van der Waals surface area (Å²) in [6.07, 6.45) is 2.45. The van der Waals surface area contributed by atoms with Crippen molar-refractivity contribution in [1.29, 1.82) is 0 Å². The van der Waals surface area contributed by atoms with Gasteiger partial charge in [-0.15, -0.1) is 0 Å². The molecule has 3 nitrogen and oxygen atoms in total. The smallest absolute Gasteiger partial charge is 0.227 e. The highest BCUT2D eigenvalue weighted by molar-refractivity contribution is 5.78. The van der Waals surface area contributed by atoms with Crippen LogP contribution in [-0.4, -0.2) is 36.5 Å². The van der Waals surface area contributed by atoms with Crippen LogP contribution in [0, 0.1) is 5.82 Å². The first-order valence-electron chi connectivity index (χ1n) is 6.94. The van der Waals surface area contributed by atoms with Crippen molar-refractivity contribution in [3.8, 4) is 0 Å².